The lowest BCUT2D eigenvalue weighted by Gasteiger charge is -2.17. The summed E-state index contributed by atoms with van der Waals surface area (Å²) in [6, 6.07) is 8.10. The highest BCUT2D eigenvalue weighted by molar-refractivity contribution is 5.24. The summed E-state index contributed by atoms with van der Waals surface area (Å²) in [6.45, 7) is 3.84. The van der Waals surface area contributed by atoms with Crippen LogP contribution < -0.4 is 11.5 Å². The third kappa shape index (κ3) is 4.74. The Balaban J connectivity index is 2.67. The Labute approximate surface area is 109 Å². The maximum atomic E-state index is 9.30. The molecular formula is C14H24N2O2. The van der Waals surface area contributed by atoms with Crippen molar-refractivity contribution < 1.29 is 10.2 Å². The van der Waals surface area contributed by atoms with Crippen molar-refractivity contribution in [2.24, 2.45) is 23.3 Å². The first-order chi connectivity index (χ1) is 8.40. The van der Waals surface area contributed by atoms with Crippen molar-refractivity contribution in [1.82, 2.24) is 0 Å². The van der Waals surface area contributed by atoms with E-state index < -0.39 is 12.5 Å². The second-order valence-corrected chi connectivity index (χ2v) is 5.16. The van der Waals surface area contributed by atoms with Crippen LogP contribution in [-0.4, -0.2) is 22.7 Å². The zero-order valence-electron chi connectivity index (χ0n) is 11.1. The van der Waals surface area contributed by atoms with Gasteiger partial charge in [0.1, 0.15) is 12.5 Å². The van der Waals surface area contributed by atoms with Crippen LogP contribution in [0.3, 0.4) is 0 Å². The van der Waals surface area contributed by atoms with E-state index in [9.17, 15) is 10.2 Å². The number of aliphatic hydroxyl groups excluding tert-OH is 2. The Morgan fingerprint density at radius 1 is 0.944 bits per heavy atom. The lowest BCUT2D eigenvalue weighted by Crippen LogP contribution is -2.29. The summed E-state index contributed by atoms with van der Waals surface area (Å²) < 4.78 is 0. The topological polar surface area (TPSA) is 92.5 Å². The third-order valence-electron chi connectivity index (χ3n) is 3.27. The summed E-state index contributed by atoms with van der Waals surface area (Å²) >= 11 is 0. The average Bonchev–Trinajstić information content (AvgIpc) is 2.29. The predicted octanol–water partition coefficient (Wildman–Crippen LogP) is 0.598. The third-order valence-corrected chi connectivity index (χ3v) is 3.27. The fraction of sp³-hybridized carbons (Fsp3) is 0.571. The van der Waals surface area contributed by atoms with Gasteiger partial charge < -0.3 is 21.7 Å². The molecule has 0 spiro atoms. The van der Waals surface area contributed by atoms with E-state index in [2.05, 4.69) is 6.07 Å². The van der Waals surface area contributed by atoms with Crippen molar-refractivity contribution in [3.8, 4) is 0 Å². The van der Waals surface area contributed by atoms with Crippen molar-refractivity contribution in [3.63, 3.8) is 0 Å². The fourth-order valence-electron chi connectivity index (χ4n) is 1.87. The standard InChI is InChI=1S/C14H24N2O2/c1-9(13(15)17)6-11-4-3-5-12(8-11)7-10(2)14(16)18/h3-5,8-10,13-14,17-18H,6-7,15-16H2,1-2H3/t9-,10+,13-,14-/m0/s1. The first-order valence-electron chi connectivity index (χ1n) is 6.35. The van der Waals surface area contributed by atoms with Crippen molar-refractivity contribution in [3.05, 3.63) is 35.4 Å². The largest absolute Gasteiger partial charge is 0.379 e. The minimum absolute atomic E-state index is 0.0257. The van der Waals surface area contributed by atoms with Gasteiger partial charge in [-0.1, -0.05) is 38.1 Å². The van der Waals surface area contributed by atoms with Gasteiger partial charge in [0.05, 0.1) is 0 Å². The van der Waals surface area contributed by atoms with E-state index in [-0.39, 0.29) is 11.8 Å². The predicted molar refractivity (Wildman–Crippen MR) is 72.6 cm³/mol. The summed E-state index contributed by atoms with van der Waals surface area (Å²) in [5, 5.41) is 18.6. The van der Waals surface area contributed by atoms with E-state index in [0.29, 0.717) is 0 Å². The summed E-state index contributed by atoms with van der Waals surface area (Å²) in [6.07, 6.45) is -0.104. The number of hydrogen-bond acceptors (Lipinski definition) is 4. The summed E-state index contributed by atoms with van der Waals surface area (Å²) in [4.78, 5) is 0. The smallest absolute Gasteiger partial charge is 0.105 e. The van der Waals surface area contributed by atoms with Crippen LogP contribution in [0.4, 0.5) is 0 Å². The van der Waals surface area contributed by atoms with Crippen LogP contribution >= 0.6 is 0 Å². The average molecular weight is 252 g/mol. The maximum Gasteiger partial charge on any atom is 0.105 e. The van der Waals surface area contributed by atoms with Crippen LogP contribution in [-0.2, 0) is 12.8 Å². The number of aliphatic hydroxyl groups is 2. The molecule has 4 atom stereocenters. The van der Waals surface area contributed by atoms with Crippen molar-refractivity contribution in [1.29, 1.82) is 0 Å². The molecule has 0 bridgehead atoms. The lowest BCUT2D eigenvalue weighted by molar-refractivity contribution is 0.123. The molecule has 0 unspecified atom stereocenters. The molecule has 0 saturated carbocycles. The molecule has 0 aromatic heterocycles. The summed E-state index contributed by atoms with van der Waals surface area (Å²) in [7, 11) is 0. The summed E-state index contributed by atoms with van der Waals surface area (Å²) in [5.74, 6) is 0.0514. The first-order valence-corrected chi connectivity index (χ1v) is 6.35. The van der Waals surface area contributed by atoms with Crippen LogP contribution in [0.5, 0.6) is 0 Å². The van der Waals surface area contributed by atoms with E-state index in [4.69, 9.17) is 11.5 Å². The van der Waals surface area contributed by atoms with Crippen LogP contribution in [0, 0.1) is 11.8 Å². The molecule has 6 N–H and O–H groups in total. The van der Waals surface area contributed by atoms with Gasteiger partial charge in [0.15, 0.2) is 0 Å². The van der Waals surface area contributed by atoms with Crippen LogP contribution in [0.2, 0.25) is 0 Å². The SMILES string of the molecule is C[C@H](Cc1cccc(C[C@H](C)[C@@H](N)O)c1)[C@@H](N)O. The van der Waals surface area contributed by atoms with Crippen LogP contribution in [0.1, 0.15) is 25.0 Å². The molecule has 0 aliphatic carbocycles. The van der Waals surface area contributed by atoms with E-state index in [0.717, 1.165) is 24.0 Å². The first kappa shape index (κ1) is 15.1. The monoisotopic (exact) mass is 252 g/mol. The molecule has 1 aromatic rings. The Kier molecular flexibility index (Phi) is 5.75. The fourth-order valence-corrected chi connectivity index (χ4v) is 1.87. The Bertz CT molecular complexity index is 335. The van der Waals surface area contributed by atoms with Crippen LogP contribution in [0.15, 0.2) is 24.3 Å². The van der Waals surface area contributed by atoms with Crippen molar-refractivity contribution in [2.75, 3.05) is 0 Å². The van der Waals surface area contributed by atoms with E-state index in [1.54, 1.807) is 0 Å². The van der Waals surface area contributed by atoms with E-state index >= 15 is 0 Å². The molecule has 102 valence electrons. The van der Waals surface area contributed by atoms with Crippen molar-refractivity contribution in [2.45, 2.75) is 39.1 Å². The highest BCUT2D eigenvalue weighted by atomic mass is 16.3. The number of nitrogens with two attached hydrogens (primary N) is 2. The molecule has 1 aromatic carbocycles. The summed E-state index contributed by atoms with van der Waals surface area (Å²) in [5.41, 5.74) is 13.2. The second kappa shape index (κ2) is 6.85. The van der Waals surface area contributed by atoms with Gasteiger partial charge in [-0.2, -0.15) is 0 Å². The minimum atomic E-state index is -0.793. The highest BCUT2D eigenvalue weighted by Crippen LogP contribution is 2.15. The van der Waals surface area contributed by atoms with Gasteiger partial charge in [0, 0.05) is 0 Å². The molecule has 0 aliphatic rings. The zero-order chi connectivity index (χ0) is 13.7. The van der Waals surface area contributed by atoms with Gasteiger partial charge in [0.25, 0.3) is 0 Å². The Morgan fingerprint density at radius 3 is 1.67 bits per heavy atom. The number of hydrogen-bond donors (Lipinski definition) is 4. The minimum Gasteiger partial charge on any atom is -0.379 e. The zero-order valence-corrected chi connectivity index (χ0v) is 11.1. The van der Waals surface area contributed by atoms with E-state index in [1.807, 2.05) is 32.0 Å². The number of benzene rings is 1. The maximum absolute atomic E-state index is 9.30. The Hall–Kier alpha value is -0.940. The highest BCUT2D eigenvalue weighted by Gasteiger charge is 2.12. The van der Waals surface area contributed by atoms with Gasteiger partial charge in [-0.15, -0.1) is 0 Å². The van der Waals surface area contributed by atoms with Gasteiger partial charge in [-0.3, -0.25) is 0 Å². The lowest BCUT2D eigenvalue weighted by atomic mass is 9.94. The molecule has 0 heterocycles. The molecule has 0 aliphatic heterocycles. The van der Waals surface area contributed by atoms with Gasteiger partial charge in [-0.05, 0) is 35.8 Å². The number of rotatable bonds is 6. The molecule has 1 rings (SSSR count). The normalized spacial score (nSPS) is 18.1. The molecule has 18 heavy (non-hydrogen) atoms. The quantitative estimate of drug-likeness (QED) is 0.558. The molecule has 0 radical (unpaired) electrons. The molecule has 0 fully saturated rings. The van der Waals surface area contributed by atoms with Crippen molar-refractivity contribution >= 4 is 0 Å². The molecule has 0 saturated heterocycles. The van der Waals surface area contributed by atoms with Gasteiger partial charge in [-0.25, -0.2) is 0 Å². The van der Waals surface area contributed by atoms with Gasteiger partial charge >= 0.3 is 0 Å². The molecule has 0 amide bonds. The Morgan fingerprint density at radius 2 is 1.33 bits per heavy atom. The molecule has 4 nitrogen and oxygen atoms in total. The molecular weight excluding hydrogens is 228 g/mol. The van der Waals surface area contributed by atoms with Crippen LogP contribution in [0.25, 0.3) is 0 Å². The molecule has 4 heteroatoms. The van der Waals surface area contributed by atoms with Gasteiger partial charge in [0.2, 0.25) is 0 Å². The van der Waals surface area contributed by atoms with E-state index in [1.165, 1.54) is 0 Å². The second-order valence-electron chi connectivity index (χ2n) is 5.16.